The number of pyridine rings is 1. The summed E-state index contributed by atoms with van der Waals surface area (Å²) >= 11 is 0. The Hall–Kier alpha value is -1.49. The van der Waals surface area contributed by atoms with Gasteiger partial charge in [0.15, 0.2) is 5.82 Å². The van der Waals surface area contributed by atoms with Gasteiger partial charge in [-0.15, -0.1) is 0 Å². The van der Waals surface area contributed by atoms with Crippen LogP contribution >= 0.6 is 0 Å². The third-order valence-electron chi connectivity index (χ3n) is 3.46. The second-order valence-electron chi connectivity index (χ2n) is 4.85. The number of nitrogens with zero attached hydrogens (tertiary/aromatic N) is 1. The summed E-state index contributed by atoms with van der Waals surface area (Å²) in [5.41, 5.74) is 5.87. The summed E-state index contributed by atoms with van der Waals surface area (Å²) in [4.78, 5) is 15.4. The molecule has 0 unspecified atom stereocenters. The van der Waals surface area contributed by atoms with Crippen LogP contribution in [0.25, 0.3) is 0 Å². The van der Waals surface area contributed by atoms with Crippen molar-refractivity contribution in [1.29, 1.82) is 0 Å². The smallest absolute Gasteiger partial charge is 0.254 e. The zero-order chi connectivity index (χ0) is 13.0. The molecule has 1 fully saturated rings. The molecule has 0 radical (unpaired) electrons. The van der Waals surface area contributed by atoms with E-state index >= 15 is 0 Å². The first-order valence-electron chi connectivity index (χ1n) is 6.30. The summed E-state index contributed by atoms with van der Waals surface area (Å²) in [6, 6.07) is 1.69. The van der Waals surface area contributed by atoms with E-state index in [2.05, 4.69) is 10.3 Å². The third-order valence-corrected chi connectivity index (χ3v) is 3.46. The molecule has 98 valence electrons. The summed E-state index contributed by atoms with van der Waals surface area (Å²) in [5.74, 6) is -0.496. The number of nitrogens with two attached hydrogens (primary N) is 1. The fraction of sp³-hybridized carbons (Fsp3) is 0.538. The van der Waals surface area contributed by atoms with Crippen molar-refractivity contribution in [2.75, 3.05) is 6.54 Å². The van der Waals surface area contributed by atoms with E-state index in [9.17, 15) is 9.18 Å². The average molecular weight is 251 g/mol. The maximum Gasteiger partial charge on any atom is 0.254 e. The van der Waals surface area contributed by atoms with Gasteiger partial charge in [-0.1, -0.05) is 0 Å². The predicted octanol–water partition coefficient (Wildman–Crippen LogP) is 1.47. The van der Waals surface area contributed by atoms with Crippen LogP contribution in [-0.2, 0) is 0 Å². The normalized spacial score (nSPS) is 23.7. The van der Waals surface area contributed by atoms with Crippen molar-refractivity contribution >= 4 is 5.91 Å². The van der Waals surface area contributed by atoms with E-state index in [1.165, 1.54) is 12.3 Å². The maximum absolute atomic E-state index is 13.3. The summed E-state index contributed by atoms with van der Waals surface area (Å²) in [6.45, 7) is 0.591. The standard InChI is InChI=1S/C13H18FN3O/c14-12-8-16-6-5-11(12)13(18)17-7-9-1-3-10(15)4-2-9/h5-6,8-10H,1-4,7,15H2,(H,17,18). The summed E-state index contributed by atoms with van der Waals surface area (Å²) in [6.07, 6.45) is 6.53. The Balaban J connectivity index is 1.84. The Morgan fingerprint density at radius 3 is 2.83 bits per heavy atom. The van der Waals surface area contributed by atoms with Gasteiger partial charge in [-0.05, 0) is 37.7 Å². The lowest BCUT2D eigenvalue weighted by atomic mass is 9.86. The SMILES string of the molecule is NC1CCC(CNC(=O)c2ccncc2F)CC1. The largest absolute Gasteiger partial charge is 0.352 e. The fourth-order valence-electron chi connectivity index (χ4n) is 2.28. The Bertz CT molecular complexity index is 416. The number of nitrogens with one attached hydrogen (secondary N) is 1. The van der Waals surface area contributed by atoms with Crippen molar-refractivity contribution in [3.63, 3.8) is 0 Å². The van der Waals surface area contributed by atoms with Gasteiger partial charge in [0, 0.05) is 18.8 Å². The number of amides is 1. The van der Waals surface area contributed by atoms with Crippen LogP contribution in [0.4, 0.5) is 4.39 Å². The second kappa shape index (κ2) is 5.91. The third kappa shape index (κ3) is 3.26. The van der Waals surface area contributed by atoms with Gasteiger partial charge in [0.1, 0.15) is 0 Å². The molecule has 0 aliphatic heterocycles. The summed E-state index contributed by atoms with van der Waals surface area (Å²) in [5, 5.41) is 2.78. The van der Waals surface area contributed by atoms with Crippen LogP contribution in [0.15, 0.2) is 18.5 Å². The minimum absolute atomic E-state index is 0.0533. The van der Waals surface area contributed by atoms with Gasteiger partial charge in [-0.25, -0.2) is 4.39 Å². The predicted molar refractivity (Wildman–Crippen MR) is 66.5 cm³/mol. The van der Waals surface area contributed by atoms with Crippen molar-refractivity contribution < 1.29 is 9.18 Å². The highest BCUT2D eigenvalue weighted by atomic mass is 19.1. The van der Waals surface area contributed by atoms with E-state index in [4.69, 9.17) is 5.73 Å². The molecule has 1 aromatic rings. The first kappa shape index (κ1) is 13.0. The molecule has 0 aromatic carbocycles. The molecule has 18 heavy (non-hydrogen) atoms. The minimum atomic E-state index is -0.583. The fourth-order valence-corrected chi connectivity index (χ4v) is 2.28. The minimum Gasteiger partial charge on any atom is -0.352 e. The molecule has 1 amide bonds. The highest BCUT2D eigenvalue weighted by Gasteiger charge is 2.19. The molecule has 0 saturated heterocycles. The first-order chi connectivity index (χ1) is 8.66. The van der Waals surface area contributed by atoms with Crippen LogP contribution in [0.2, 0.25) is 0 Å². The van der Waals surface area contributed by atoms with Crippen molar-refractivity contribution in [3.05, 3.63) is 29.8 Å². The molecule has 1 aromatic heterocycles. The van der Waals surface area contributed by atoms with Crippen LogP contribution in [-0.4, -0.2) is 23.5 Å². The van der Waals surface area contributed by atoms with Crippen molar-refractivity contribution in [2.24, 2.45) is 11.7 Å². The van der Waals surface area contributed by atoms with Crippen molar-refractivity contribution in [2.45, 2.75) is 31.7 Å². The zero-order valence-electron chi connectivity index (χ0n) is 10.2. The summed E-state index contributed by atoms with van der Waals surface area (Å²) < 4.78 is 13.3. The van der Waals surface area contributed by atoms with Crippen LogP contribution in [0.1, 0.15) is 36.0 Å². The van der Waals surface area contributed by atoms with Gasteiger partial charge in [0.05, 0.1) is 11.8 Å². The lowest BCUT2D eigenvalue weighted by Gasteiger charge is -2.26. The molecule has 0 atom stereocenters. The van der Waals surface area contributed by atoms with Crippen LogP contribution in [0.3, 0.4) is 0 Å². The van der Waals surface area contributed by atoms with Gasteiger partial charge in [-0.3, -0.25) is 9.78 Å². The van der Waals surface area contributed by atoms with E-state index in [1.807, 2.05) is 0 Å². The number of hydrogen-bond donors (Lipinski definition) is 2. The highest BCUT2D eigenvalue weighted by Crippen LogP contribution is 2.22. The van der Waals surface area contributed by atoms with E-state index < -0.39 is 5.82 Å². The number of rotatable bonds is 3. The van der Waals surface area contributed by atoms with Crippen LogP contribution in [0, 0.1) is 11.7 Å². The molecule has 1 heterocycles. The Morgan fingerprint density at radius 2 is 2.17 bits per heavy atom. The van der Waals surface area contributed by atoms with E-state index in [1.54, 1.807) is 0 Å². The highest BCUT2D eigenvalue weighted by molar-refractivity contribution is 5.94. The Labute approximate surface area is 106 Å². The van der Waals surface area contributed by atoms with Gasteiger partial charge in [0.2, 0.25) is 0 Å². The zero-order valence-corrected chi connectivity index (χ0v) is 10.2. The number of aromatic nitrogens is 1. The lowest BCUT2D eigenvalue weighted by Crippen LogP contribution is -2.34. The second-order valence-corrected chi connectivity index (χ2v) is 4.85. The maximum atomic E-state index is 13.3. The van der Waals surface area contributed by atoms with E-state index in [0.29, 0.717) is 18.5 Å². The number of carbonyl (C=O) groups excluding carboxylic acids is 1. The molecule has 4 nitrogen and oxygen atoms in total. The van der Waals surface area contributed by atoms with Gasteiger partial charge >= 0.3 is 0 Å². The Morgan fingerprint density at radius 1 is 1.44 bits per heavy atom. The van der Waals surface area contributed by atoms with E-state index in [0.717, 1.165) is 31.9 Å². The average Bonchev–Trinajstić information content (AvgIpc) is 2.38. The van der Waals surface area contributed by atoms with Crippen LogP contribution < -0.4 is 11.1 Å². The van der Waals surface area contributed by atoms with Gasteiger partial charge < -0.3 is 11.1 Å². The molecular weight excluding hydrogens is 233 g/mol. The number of hydrogen-bond acceptors (Lipinski definition) is 3. The molecule has 0 spiro atoms. The van der Waals surface area contributed by atoms with E-state index in [-0.39, 0.29) is 11.5 Å². The Kier molecular flexibility index (Phi) is 4.25. The summed E-state index contributed by atoms with van der Waals surface area (Å²) in [7, 11) is 0. The molecular formula is C13H18FN3O. The van der Waals surface area contributed by atoms with Gasteiger partial charge in [-0.2, -0.15) is 0 Å². The lowest BCUT2D eigenvalue weighted by molar-refractivity contribution is 0.0939. The van der Waals surface area contributed by atoms with Crippen molar-refractivity contribution in [3.8, 4) is 0 Å². The monoisotopic (exact) mass is 251 g/mol. The molecule has 1 aliphatic carbocycles. The topological polar surface area (TPSA) is 68.0 Å². The van der Waals surface area contributed by atoms with Crippen LogP contribution in [0.5, 0.6) is 0 Å². The number of halogens is 1. The molecule has 0 bridgehead atoms. The molecule has 5 heteroatoms. The molecule has 3 N–H and O–H groups in total. The quantitative estimate of drug-likeness (QED) is 0.854. The molecule has 1 saturated carbocycles. The molecule has 1 aliphatic rings. The first-order valence-corrected chi connectivity index (χ1v) is 6.30. The number of carbonyl (C=O) groups is 1. The van der Waals surface area contributed by atoms with Gasteiger partial charge in [0.25, 0.3) is 5.91 Å². The molecule has 2 rings (SSSR count). The van der Waals surface area contributed by atoms with Crippen molar-refractivity contribution in [1.82, 2.24) is 10.3 Å².